The first-order valence-corrected chi connectivity index (χ1v) is 10.4. The molecule has 1 saturated heterocycles. The van der Waals surface area contributed by atoms with Crippen molar-refractivity contribution in [1.29, 1.82) is 0 Å². The van der Waals surface area contributed by atoms with Crippen LogP contribution in [0.2, 0.25) is 5.02 Å². The molecule has 1 aromatic heterocycles. The lowest BCUT2D eigenvalue weighted by Crippen LogP contribution is -2.41. The van der Waals surface area contributed by atoms with Crippen molar-refractivity contribution in [3.8, 4) is 0 Å². The summed E-state index contributed by atoms with van der Waals surface area (Å²) in [6.45, 7) is 1.23. The smallest absolute Gasteiger partial charge is 0.248 e. The molecule has 0 unspecified atom stereocenters. The SMILES string of the molecule is CS(=O)(=O)N1CCC(C(=O)Nc2ncn(Cc3ccc(Cl)cc3)n2)CC1. The second-order valence-corrected chi connectivity index (χ2v) is 8.74. The van der Waals surface area contributed by atoms with Crippen LogP contribution in [0, 0.1) is 5.92 Å². The maximum absolute atomic E-state index is 12.3. The number of aromatic nitrogens is 3. The van der Waals surface area contributed by atoms with Gasteiger partial charge in [0.2, 0.25) is 21.9 Å². The summed E-state index contributed by atoms with van der Waals surface area (Å²) >= 11 is 5.87. The van der Waals surface area contributed by atoms with Gasteiger partial charge in [-0.3, -0.25) is 10.1 Å². The van der Waals surface area contributed by atoms with Crippen LogP contribution in [0.25, 0.3) is 0 Å². The van der Waals surface area contributed by atoms with Gasteiger partial charge >= 0.3 is 0 Å². The van der Waals surface area contributed by atoms with Gasteiger partial charge in [0, 0.05) is 24.0 Å². The highest BCUT2D eigenvalue weighted by atomic mass is 35.5. The molecule has 0 bridgehead atoms. The minimum atomic E-state index is -3.20. The number of benzene rings is 1. The molecule has 10 heteroatoms. The minimum absolute atomic E-state index is 0.178. The van der Waals surface area contributed by atoms with E-state index in [-0.39, 0.29) is 17.8 Å². The Morgan fingerprint density at radius 2 is 1.92 bits per heavy atom. The first-order chi connectivity index (χ1) is 12.3. The number of carbonyl (C=O) groups excluding carboxylic acids is 1. The zero-order valence-electron chi connectivity index (χ0n) is 14.3. The predicted molar refractivity (Wildman–Crippen MR) is 98.3 cm³/mol. The normalized spacial score (nSPS) is 16.5. The third-order valence-corrected chi connectivity index (χ3v) is 5.88. The summed E-state index contributed by atoms with van der Waals surface area (Å²) in [5.74, 6) is -0.173. The summed E-state index contributed by atoms with van der Waals surface area (Å²) in [4.78, 5) is 16.5. The largest absolute Gasteiger partial charge is 0.293 e. The minimum Gasteiger partial charge on any atom is -0.293 e. The Morgan fingerprint density at radius 3 is 2.54 bits per heavy atom. The fourth-order valence-electron chi connectivity index (χ4n) is 2.87. The second-order valence-electron chi connectivity index (χ2n) is 6.32. The number of hydrogen-bond acceptors (Lipinski definition) is 5. The maximum Gasteiger partial charge on any atom is 0.248 e. The van der Waals surface area contributed by atoms with E-state index in [1.54, 1.807) is 23.1 Å². The van der Waals surface area contributed by atoms with E-state index in [1.165, 1.54) is 10.6 Å². The van der Waals surface area contributed by atoms with Gasteiger partial charge in [0.1, 0.15) is 6.33 Å². The van der Waals surface area contributed by atoms with Crippen LogP contribution in [-0.4, -0.2) is 52.7 Å². The Kier molecular flexibility index (Phi) is 5.59. The molecule has 1 aromatic carbocycles. The van der Waals surface area contributed by atoms with Gasteiger partial charge < -0.3 is 0 Å². The summed E-state index contributed by atoms with van der Waals surface area (Å²) in [6.07, 6.45) is 3.72. The van der Waals surface area contributed by atoms with Gasteiger partial charge in [0.15, 0.2) is 0 Å². The van der Waals surface area contributed by atoms with Gasteiger partial charge in [0.25, 0.3) is 0 Å². The average molecular weight is 398 g/mol. The lowest BCUT2D eigenvalue weighted by molar-refractivity contribution is -0.121. The molecule has 26 heavy (non-hydrogen) atoms. The van der Waals surface area contributed by atoms with E-state index < -0.39 is 10.0 Å². The molecule has 0 spiro atoms. The number of halogens is 1. The van der Waals surface area contributed by atoms with E-state index in [9.17, 15) is 13.2 Å². The van der Waals surface area contributed by atoms with Crippen molar-refractivity contribution in [2.75, 3.05) is 24.7 Å². The van der Waals surface area contributed by atoms with Crippen LogP contribution in [0.1, 0.15) is 18.4 Å². The highest BCUT2D eigenvalue weighted by Gasteiger charge is 2.29. The summed E-state index contributed by atoms with van der Waals surface area (Å²) < 4.78 is 26.1. The Morgan fingerprint density at radius 1 is 1.27 bits per heavy atom. The van der Waals surface area contributed by atoms with E-state index in [2.05, 4.69) is 15.4 Å². The van der Waals surface area contributed by atoms with Crippen molar-refractivity contribution < 1.29 is 13.2 Å². The fourth-order valence-corrected chi connectivity index (χ4v) is 3.87. The van der Waals surface area contributed by atoms with Crippen molar-refractivity contribution in [3.05, 3.63) is 41.2 Å². The number of nitrogens with zero attached hydrogens (tertiary/aromatic N) is 4. The third kappa shape index (κ3) is 4.80. The molecule has 1 aliphatic rings. The Balaban J connectivity index is 1.54. The molecule has 3 rings (SSSR count). The van der Waals surface area contributed by atoms with E-state index in [1.807, 2.05) is 12.1 Å². The van der Waals surface area contributed by atoms with E-state index >= 15 is 0 Å². The third-order valence-electron chi connectivity index (χ3n) is 4.32. The standard InChI is InChI=1S/C16H20ClN5O3S/c1-26(24,25)22-8-6-13(7-9-22)15(23)19-16-18-11-21(20-16)10-12-2-4-14(17)5-3-12/h2-5,11,13H,6-10H2,1H3,(H,19,20,23). The number of piperidine rings is 1. The summed E-state index contributed by atoms with van der Waals surface area (Å²) in [7, 11) is -3.20. The summed E-state index contributed by atoms with van der Waals surface area (Å²) in [5, 5.41) is 7.63. The predicted octanol–water partition coefficient (Wildman–Crippen LogP) is 1.59. The second kappa shape index (κ2) is 7.73. The molecule has 1 fully saturated rings. The number of rotatable bonds is 5. The number of anilines is 1. The molecule has 0 radical (unpaired) electrons. The molecule has 0 saturated carbocycles. The molecule has 1 N–H and O–H groups in total. The highest BCUT2D eigenvalue weighted by Crippen LogP contribution is 2.20. The van der Waals surface area contributed by atoms with Crippen molar-refractivity contribution in [3.63, 3.8) is 0 Å². The Labute approximate surface area is 157 Å². The molecule has 140 valence electrons. The number of sulfonamides is 1. The van der Waals surface area contributed by atoms with Crippen LogP contribution in [0.15, 0.2) is 30.6 Å². The van der Waals surface area contributed by atoms with E-state index in [0.717, 1.165) is 5.56 Å². The molecule has 0 aliphatic carbocycles. The average Bonchev–Trinajstić information content (AvgIpc) is 3.03. The number of carbonyl (C=O) groups is 1. The number of hydrogen-bond donors (Lipinski definition) is 1. The number of nitrogens with one attached hydrogen (secondary N) is 1. The maximum atomic E-state index is 12.3. The van der Waals surface area contributed by atoms with Gasteiger partial charge in [-0.1, -0.05) is 23.7 Å². The van der Waals surface area contributed by atoms with Gasteiger partial charge in [-0.05, 0) is 30.5 Å². The molecule has 8 nitrogen and oxygen atoms in total. The van der Waals surface area contributed by atoms with Crippen LogP contribution < -0.4 is 5.32 Å². The topological polar surface area (TPSA) is 97.2 Å². The van der Waals surface area contributed by atoms with E-state index in [0.29, 0.717) is 37.5 Å². The Hall–Kier alpha value is -1.97. The first-order valence-electron chi connectivity index (χ1n) is 8.21. The van der Waals surface area contributed by atoms with Crippen LogP contribution >= 0.6 is 11.6 Å². The van der Waals surface area contributed by atoms with Crippen LogP contribution in [-0.2, 0) is 21.4 Å². The lowest BCUT2D eigenvalue weighted by Gasteiger charge is -2.29. The van der Waals surface area contributed by atoms with Crippen LogP contribution in [0.3, 0.4) is 0 Å². The zero-order chi connectivity index (χ0) is 18.7. The molecule has 1 amide bonds. The summed E-state index contributed by atoms with van der Waals surface area (Å²) in [5.41, 5.74) is 1.02. The van der Waals surface area contributed by atoms with Crippen LogP contribution in [0.5, 0.6) is 0 Å². The van der Waals surface area contributed by atoms with Gasteiger partial charge in [-0.15, -0.1) is 5.10 Å². The quantitative estimate of drug-likeness (QED) is 0.826. The lowest BCUT2D eigenvalue weighted by atomic mass is 9.97. The van der Waals surface area contributed by atoms with Crippen molar-refractivity contribution in [2.24, 2.45) is 5.92 Å². The van der Waals surface area contributed by atoms with Crippen molar-refractivity contribution >= 4 is 33.5 Å². The van der Waals surface area contributed by atoms with Gasteiger partial charge in [0.05, 0.1) is 12.8 Å². The van der Waals surface area contributed by atoms with E-state index in [4.69, 9.17) is 11.6 Å². The fraction of sp³-hybridized carbons (Fsp3) is 0.438. The first kappa shape index (κ1) is 18.8. The number of amides is 1. The molecular formula is C16H20ClN5O3S. The Bertz CT molecular complexity index is 874. The van der Waals surface area contributed by atoms with Crippen molar-refractivity contribution in [2.45, 2.75) is 19.4 Å². The summed E-state index contributed by atoms with van der Waals surface area (Å²) in [6, 6.07) is 7.41. The molecule has 2 heterocycles. The zero-order valence-corrected chi connectivity index (χ0v) is 15.9. The van der Waals surface area contributed by atoms with Gasteiger partial charge in [-0.25, -0.2) is 22.4 Å². The molecule has 1 aliphatic heterocycles. The molecular weight excluding hydrogens is 378 g/mol. The van der Waals surface area contributed by atoms with Crippen LogP contribution in [0.4, 0.5) is 5.95 Å². The van der Waals surface area contributed by atoms with Gasteiger partial charge in [-0.2, -0.15) is 0 Å². The monoisotopic (exact) mass is 397 g/mol. The highest BCUT2D eigenvalue weighted by molar-refractivity contribution is 7.88. The molecule has 0 atom stereocenters. The molecule has 2 aromatic rings. The van der Waals surface area contributed by atoms with Crippen molar-refractivity contribution in [1.82, 2.24) is 19.1 Å².